The Bertz CT molecular complexity index is 372. The highest BCUT2D eigenvalue weighted by Gasteiger charge is 2.47. The van der Waals surface area contributed by atoms with E-state index in [1.165, 1.54) is 6.42 Å². The molecule has 108 valence electrons. The molecule has 0 N–H and O–H groups in total. The van der Waals surface area contributed by atoms with Crippen LogP contribution in [0.1, 0.15) is 59.8 Å². The van der Waals surface area contributed by atoms with Crippen LogP contribution in [-0.4, -0.2) is 34.5 Å². The Morgan fingerprint density at radius 2 is 1.79 bits per heavy atom. The van der Waals surface area contributed by atoms with Crippen LogP contribution in [0.3, 0.4) is 0 Å². The third kappa shape index (κ3) is 3.10. The third-order valence-electron chi connectivity index (χ3n) is 4.16. The molecule has 1 saturated heterocycles. The predicted octanol–water partition coefficient (Wildman–Crippen LogP) is 3.14. The molecule has 0 aromatic carbocycles. The average Bonchev–Trinajstić information content (AvgIpc) is 2.65. The van der Waals surface area contributed by atoms with Crippen molar-refractivity contribution in [3.8, 4) is 0 Å². The van der Waals surface area contributed by atoms with Crippen LogP contribution >= 0.6 is 0 Å². The molecular formula is C15H25NO3. The molecule has 0 radical (unpaired) electrons. The number of hydrogen-bond donors (Lipinski definition) is 0. The Balaban J connectivity index is 2.17. The molecule has 4 heteroatoms. The van der Waals surface area contributed by atoms with E-state index in [1.807, 2.05) is 20.8 Å². The van der Waals surface area contributed by atoms with Gasteiger partial charge >= 0.3 is 6.09 Å². The summed E-state index contributed by atoms with van der Waals surface area (Å²) in [5.74, 6) is 0.565. The number of nitrogens with zero attached hydrogens (tertiary/aromatic N) is 1. The van der Waals surface area contributed by atoms with Crippen molar-refractivity contribution < 1.29 is 14.3 Å². The van der Waals surface area contributed by atoms with Crippen LogP contribution in [0.2, 0.25) is 0 Å². The molecule has 2 fully saturated rings. The van der Waals surface area contributed by atoms with Gasteiger partial charge in [0.1, 0.15) is 5.60 Å². The van der Waals surface area contributed by atoms with Gasteiger partial charge in [-0.3, -0.25) is 9.69 Å². The Morgan fingerprint density at radius 3 is 2.37 bits per heavy atom. The maximum atomic E-state index is 12.4. The lowest BCUT2D eigenvalue weighted by molar-refractivity contribution is -0.121. The number of rotatable bonds is 1. The van der Waals surface area contributed by atoms with E-state index in [4.69, 9.17) is 4.74 Å². The summed E-state index contributed by atoms with van der Waals surface area (Å²) in [6, 6.07) is -0.0690. The fourth-order valence-corrected chi connectivity index (χ4v) is 3.40. The number of fused-ring (bicyclic) bond motifs is 1. The van der Waals surface area contributed by atoms with Crippen LogP contribution in [0.15, 0.2) is 0 Å². The lowest BCUT2D eigenvalue weighted by Crippen LogP contribution is -2.47. The monoisotopic (exact) mass is 267 g/mol. The van der Waals surface area contributed by atoms with Crippen LogP contribution in [0.25, 0.3) is 0 Å². The second-order valence-corrected chi connectivity index (χ2v) is 6.86. The Hall–Kier alpha value is -1.06. The molecule has 0 aromatic rings. The van der Waals surface area contributed by atoms with Gasteiger partial charge in [0.2, 0.25) is 0 Å². The van der Waals surface area contributed by atoms with Crippen molar-refractivity contribution in [2.75, 3.05) is 0 Å². The second kappa shape index (κ2) is 5.14. The minimum Gasteiger partial charge on any atom is -0.444 e. The van der Waals surface area contributed by atoms with Crippen molar-refractivity contribution in [3.63, 3.8) is 0 Å². The largest absolute Gasteiger partial charge is 0.444 e. The van der Waals surface area contributed by atoms with Crippen molar-refractivity contribution in [1.82, 2.24) is 4.90 Å². The molecule has 0 bridgehead atoms. The summed E-state index contributed by atoms with van der Waals surface area (Å²) in [5.41, 5.74) is -0.509. The zero-order valence-electron chi connectivity index (χ0n) is 12.4. The first-order valence-corrected chi connectivity index (χ1v) is 7.31. The van der Waals surface area contributed by atoms with E-state index in [2.05, 4.69) is 0 Å². The molecule has 3 atom stereocenters. The molecular weight excluding hydrogens is 242 g/mol. The van der Waals surface area contributed by atoms with Crippen LogP contribution in [-0.2, 0) is 9.53 Å². The van der Waals surface area contributed by atoms with Gasteiger partial charge in [0.25, 0.3) is 0 Å². The highest BCUT2D eigenvalue weighted by molar-refractivity contribution is 5.86. The first-order chi connectivity index (χ1) is 8.79. The fraction of sp³-hybridized carbons (Fsp3) is 0.867. The van der Waals surface area contributed by atoms with E-state index in [1.54, 1.807) is 11.8 Å². The first kappa shape index (κ1) is 14.4. The van der Waals surface area contributed by atoms with E-state index in [0.29, 0.717) is 5.92 Å². The molecule has 19 heavy (non-hydrogen) atoms. The molecule has 1 aliphatic heterocycles. The van der Waals surface area contributed by atoms with E-state index < -0.39 is 5.60 Å². The van der Waals surface area contributed by atoms with Gasteiger partial charge in [-0.1, -0.05) is 12.8 Å². The van der Waals surface area contributed by atoms with Gasteiger partial charge in [0, 0.05) is 6.04 Å². The fourth-order valence-electron chi connectivity index (χ4n) is 3.40. The molecule has 1 saturated carbocycles. The molecule has 1 unspecified atom stereocenters. The van der Waals surface area contributed by atoms with E-state index >= 15 is 0 Å². The van der Waals surface area contributed by atoms with Gasteiger partial charge in [-0.15, -0.1) is 0 Å². The number of amides is 1. The summed E-state index contributed by atoms with van der Waals surface area (Å²) in [6.07, 6.45) is 5.00. The number of ether oxygens (including phenoxy) is 1. The van der Waals surface area contributed by atoms with Crippen LogP contribution < -0.4 is 0 Å². The highest BCUT2D eigenvalue weighted by atomic mass is 16.6. The average molecular weight is 267 g/mol. The topological polar surface area (TPSA) is 46.6 Å². The van der Waals surface area contributed by atoms with Crippen LogP contribution in [0.4, 0.5) is 4.79 Å². The maximum Gasteiger partial charge on any atom is 0.411 e. The Labute approximate surface area is 115 Å². The lowest BCUT2D eigenvalue weighted by Gasteiger charge is -2.34. The van der Waals surface area contributed by atoms with Crippen molar-refractivity contribution >= 4 is 11.9 Å². The number of Topliss-reactive ketones (excluding diaryl/α,β-unsaturated/α-hetero) is 1. The number of carbonyl (C=O) groups excluding carboxylic acids is 2. The van der Waals surface area contributed by atoms with Gasteiger partial charge in [-0.05, 0) is 52.9 Å². The van der Waals surface area contributed by atoms with Gasteiger partial charge in [-0.2, -0.15) is 0 Å². The van der Waals surface area contributed by atoms with Gasteiger partial charge in [-0.25, -0.2) is 4.79 Å². The SMILES string of the molecule is CC(=O)C1C[C@@H]2CCCC[C@@H]2N1C(=O)OC(C)(C)C. The van der Waals surface area contributed by atoms with E-state index in [0.717, 1.165) is 25.7 Å². The zero-order chi connectivity index (χ0) is 14.2. The summed E-state index contributed by atoms with van der Waals surface area (Å²) in [5, 5.41) is 0. The van der Waals surface area contributed by atoms with E-state index in [-0.39, 0.29) is 24.0 Å². The Kier molecular flexibility index (Phi) is 3.88. The first-order valence-electron chi connectivity index (χ1n) is 7.31. The van der Waals surface area contributed by atoms with Crippen molar-refractivity contribution in [1.29, 1.82) is 0 Å². The van der Waals surface area contributed by atoms with Gasteiger partial charge in [0.15, 0.2) is 5.78 Å². The summed E-state index contributed by atoms with van der Waals surface area (Å²) < 4.78 is 5.49. The normalized spacial score (nSPS) is 30.9. The molecule has 0 spiro atoms. The summed E-state index contributed by atoms with van der Waals surface area (Å²) in [7, 11) is 0. The van der Waals surface area contributed by atoms with Crippen LogP contribution in [0.5, 0.6) is 0 Å². The third-order valence-corrected chi connectivity index (χ3v) is 4.16. The molecule has 2 aliphatic rings. The highest BCUT2D eigenvalue weighted by Crippen LogP contribution is 2.40. The summed E-state index contributed by atoms with van der Waals surface area (Å²) in [4.78, 5) is 25.9. The maximum absolute atomic E-state index is 12.4. The van der Waals surface area contributed by atoms with Gasteiger partial charge < -0.3 is 4.74 Å². The standard InChI is InChI=1S/C15H25NO3/c1-10(17)13-9-11-7-5-6-8-12(11)16(13)14(18)19-15(2,3)4/h11-13H,5-9H2,1-4H3/t11-,12-,13?/m0/s1. The molecule has 1 amide bonds. The number of ketones is 1. The zero-order valence-corrected chi connectivity index (χ0v) is 12.4. The summed E-state index contributed by atoms with van der Waals surface area (Å²) >= 11 is 0. The number of likely N-dealkylation sites (tertiary alicyclic amines) is 1. The molecule has 1 heterocycles. The summed E-state index contributed by atoms with van der Waals surface area (Å²) in [6.45, 7) is 7.17. The van der Waals surface area contributed by atoms with Crippen LogP contribution in [0, 0.1) is 5.92 Å². The van der Waals surface area contributed by atoms with Crippen molar-refractivity contribution in [2.45, 2.75) is 77.5 Å². The molecule has 0 aromatic heterocycles. The second-order valence-electron chi connectivity index (χ2n) is 6.86. The van der Waals surface area contributed by atoms with Crippen molar-refractivity contribution in [3.05, 3.63) is 0 Å². The van der Waals surface area contributed by atoms with E-state index in [9.17, 15) is 9.59 Å². The Morgan fingerprint density at radius 1 is 1.16 bits per heavy atom. The number of hydrogen-bond acceptors (Lipinski definition) is 3. The molecule has 2 rings (SSSR count). The lowest BCUT2D eigenvalue weighted by atomic mass is 9.84. The smallest absolute Gasteiger partial charge is 0.411 e. The number of carbonyl (C=O) groups is 2. The quantitative estimate of drug-likeness (QED) is 0.733. The van der Waals surface area contributed by atoms with Crippen molar-refractivity contribution in [2.24, 2.45) is 5.92 Å². The van der Waals surface area contributed by atoms with Gasteiger partial charge in [0.05, 0.1) is 6.04 Å². The minimum absolute atomic E-state index is 0.0836. The minimum atomic E-state index is -0.509. The molecule has 1 aliphatic carbocycles. The molecule has 4 nitrogen and oxygen atoms in total. The predicted molar refractivity (Wildman–Crippen MR) is 72.9 cm³/mol.